The molecule has 4 rings (SSSR count). The van der Waals surface area contributed by atoms with Crippen LogP contribution in [0.25, 0.3) is 22.2 Å². The number of carbonyl (C=O) groups excluding carboxylic acids is 1. The van der Waals surface area contributed by atoms with Crippen LogP contribution in [-0.4, -0.2) is 30.5 Å². The lowest BCUT2D eigenvalue weighted by Gasteiger charge is -2.16. The van der Waals surface area contributed by atoms with Crippen LogP contribution in [-0.2, 0) is 16.3 Å². The van der Waals surface area contributed by atoms with E-state index in [1.807, 2.05) is 74.2 Å². The van der Waals surface area contributed by atoms with Gasteiger partial charge in [-0.2, -0.15) is 15.5 Å². The molecule has 0 bridgehead atoms. The quantitative estimate of drug-likeness (QED) is 0.424. The number of ether oxygens (including phenoxy) is 1. The number of hydrogen-bond donors (Lipinski definition) is 0. The van der Waals surface area contributed by atoms with Crippen LogP contribution in [0.15, 0.2) is 61.2 Å². The van der Waals surface area contributed by atoms with E-state index >= 15 is 0 Å². The Bertz CT molecular complexity index is 1280. The molecule has 0 fully saturated rings. The summed E-state index contributed by atoms with van der Waals surface area (Å²) in [5.41, 5.74) is 2.80. The van der Waals surface area contributed by atoms with E-state index in [0.717, 1.165) is 22.1 Å². The number of hydrogen-bond acceptors (Lipinski definition) is 6. The van der Waals surface area contributed by atoms with Gasteiger partial charge >= 0.3 is 5.97 Å². The van der Waals surface area contributed by atoms with Crippen LogP contribution < -0.4 is 0 Å². The minimum absolute atomic E-state index is 0.0647. The minimum Gasteiger partial charge on any atom is -0.443 e. The highest BCUT2D eigenvalue weighted by Gasteiger charge is 2.23. The van der Waals surface area contributed by atoms with E-state index < -0.39 is 5.41 Å². The van der Waals surface area contributed by atoms with Crippen LogP contribution in [0.1, 0.15) is 38.8 Å². The number of nitrogens with zero attached hydrogens (tertiary/aromatic N) is 6. The third kappa shape index (κ3) is 4.23. The van der Waals surface area contributed by atoms with Crippen molar-refractivity contribution < 1.29 is 9.53 Å². The number of esters is 1. The molecule has 162 valence electrons. The van der Waals surface area contributed by atoms with Gasteiger partial charge in [0.25, 0.3) is 0 Å². The third-order valence-corrected chi connectivity index (χ3v) is 5.21. The first-order valence-electron chi connectivity index (χ1n) is 10.3. The first kappa shape index (κ1) is 21.2. The first-order valence-corrected chi connectivity index (χ1v) is 10.3. The molecule has 1 aromatic carbocycles. The normalized spacial score (nSPS) is 12.4. The number of carbonyl (C=O) groups is 1. The van der Waals surface area contributed by atoms with Gasteiger partial charge in [-0.15, -0.1) is 5.10 Å². The van der Waals surface area contributed by atoms with Crippen LogP contribution in [0, 0.1) is 16.7 Å². The van der Waals surface area contributed by atoms with Gasteiger partial charge in [0.1, 0.15) is 0 Å². The standard InChI is InChI=1S/C24H24N6O2/c1-24(2,3)23(31)32-16-29-12-10-19-20(14-26-28-22(19)29)18-13-27-30(15-18)21(9-11-25)17-7-5-4-6-8-17/h4-8,10,12-15,21H,9,16H2,1-3H3/t21-/m1/s1. The molecule has 0 amide bonds. The highest BCUT2D eigenvalue weighted by Crippen LogP contribution is 2.29. The SMILES string of the molecule is CC(C)(C)C(=O)OCn1ccc2c(-c3cnn([C@H](CC#N)c4ccccc4)c3)cnnc21. The number of fused-ring (bicyclic) bond motifs is 1. The molecule has 0 aliphatic rings. The molecule has 0 spiro atoms. The summed E-state index contributed by atoms with van der Waals surface area (Å²) < 4.78 is 8.99. The lowest BCUT2D eigenvalue weighted by atomic mass is 9.98. The summed E-state index contributed by atoms with van der Waals surface area (Å²) >= 11 is 0. The second kappa shape index (κ2) is 8.63. The van der Waals surface area contributed by atoms with Crippen molar-refractivity contribution in [2.45, 2.75) is 40.0 Å². The maximum Gasteiger partial charge on any atom is 0.312 e. The Morgan fingerprint density at radius 2 is 1.97 bits per heavy atom. The molecule has 0 unspecified atom stereocenters. The van der Waals surface area contributed by atoms with E-state index in [-0.39, 0.29) is 18.7 Å². The summed E-state index contributed by atoms with van der Waals surface area (Å²) in [6.45, 7) is 5.50. The zero-order valence-corrected chi connectivity index (χ0v) is 18.3. The average molecular weight is 428 g/mol. The van der Waals surface area contributed by atoms with Crippen molar-refractivity contribution in [2.75, 3.05) is 0 Å². The fourth-order valence-corrected chi connectivity index (χ4v) is 3.45. The average Bonchev–Trinajstić information content (AvgIpc) is 3.43. The zero-order valence-electron chi connectivity index (χ0n) is 18.3. The van der Waals surface area contributed by atoms with Crippen molar-refractivity contribution >= 4 is 17.0 Å². The van der Waals surface area contributed by atoms with Gasteiger partial charge < -0.3 is 4.74 Å². The Hall–Kier alpha value is -3.99. The predicted octanol–water partition coefficient (Wildman–Crippen LogP) is 4.34. The van der Waals surface area contributed by atoms with Gasteiger partial charge in [-0.1, -0.05) is 30.3 Å². The smallest absolute Gasteiger partial charge is 0.312 e. The van der Waals surface area contributed by atoms with E-state index in [9.17, 15) is 10.1 Å². The van der Waals surface area contributed by atoms with E-state index in [1.165, 1.54) is 0 Å². The maximum absolute atomic E-state index is 12.1. The molecule has 0 N–H and O–H groups in total. The molecule has 0 radical (unpaired) electrons. The van der Waals surface area contributed by atoms with Crippen LogP contribution in [0.4, 0.5) is 0 Å². The minimum atomic E-state index is -0.576. The number of nitriles is 1. The van der Waals surface area contributed by atoms with Crippen LogP contribution in [0.3, 0.4) is 0 Å². The van der Waals surface area contributed by atoms with Crippen molar-refractivity contribution in [3.05, 3.63) is 66.7 Å². The van der Waals surface area contributed by atoms with Crippen molar-refractivity contribution in [1.29, 1.82) is 5.26 Å². The third-order valence-electron chi connectivity index (χ3n) is 5.21. The van der Waals surface area contributed by atoms with Gasteiger partial charge in [0.15, 0.2) is 12.4 Å². The van der Waals surface area contributed by atoms with E-state index in [2.05, 4.69) is 21.4 Å². The summed E-state index contributed by atoms with van der Waals surface area (Å²) in [7, 11) is 0. The zero-order chi connectivity index (χ0) is 22.7. The maximum atomic E-state index is 12.1. The lowest BCUT2D eigenvalue weighted by Crippen LogP contribution is -2.23. The Labute approximate surface area is 186 Å². The summed E-state index contributed by atoms with van der Waals surface area (Å²) in [5.74, 6) is -0.283. The molecule has 3 heterocycles. The molecular weight excluding hydrogens is 404 g/mol. The van der Waals surface area contributed by atoms with Crippen LogP contribution in [0.5, 0.6) is 0 Å². The number of aromatic nitrogens is 5. The van der Waals surface area contributed by atoms with Gasteiger partial charge in [-0.05, 0) is 32.4 Å². The molecular formula is C24H24N6O2. The molecule has 1 atom stereocenters. The predicted molar refractivity (Wildman–Crippen MR) is 119 cm³/mol. The second-order valence-electron chi connectivity index (χ2n) is 8.59. The highest BCUT2D eigenvalue weighted by atomic mass is 16.5. The molecule has 8 nitrogen and oxygen atoms in total. The van der Waals surface area contributed by atoms with Crippen LogP contribution >= 0.6 is 0 Å². The van der Waals surface area contributed by atoms with Crippen molar-refractivity contribution in [1.82, 2.24) is 24.5 Å². The van der Waals surface area contributed by atoms with Gasteiger partial charge in [0.2, 0.25) is 0 Å². The van der Waals surface area contributed by atoms with E-state index in [0.29, 0.717) is 12.1 Å². The van der Waals surface area contributed by atoms with Gasteiger partial charge in [-0.25, -0.2) is 0 Å². The molecule has 0 saturated carbocycles. The molecule has 32 heavy (non-hydrogen) atoms. The van der Waals surface area contributed by atoms with Crippen molar-refractivity contribution in [3.63, 3.8) is 0 Å². The topological polar surface area (TPSA) is 98.6 Å². The van der Waals surface area contributed by atoms with Crippen LogP contribution in [0.2, 0.25) is 0 Å². The molecule has 3 aromatic heterocycles. The Morgan fingerprint density at radius 1 is 1.19 bits per heavy atom. The molecule has 0 aliphatic heterocycles. The summed E-state index contributed by atoms with van der Waals surface area (Å²) in [6, 6.07) is 13.8. The molecule has 0 saturated heterocycles. The molecule has 8 heteroatoms. The van der Waals surface area contributed by atoms with Gasteiger partial charge in [-0.3, -0.25) is 14.0 Å². The lowest BCUT2D eigenvalue weighted by molar-refractivity contribution is -0.156. The Kier molecular flexibility index (Phi) is 5.73. The van der Waals surface area contributed by atoms with Gasteiger partial charge in [0, 0.05) is 28.9 Å². The van der Waals surface area contributed by atoms with Crippen molar-refractivity contribution in [3.8, 4) is 17.2 Å². The number of rotatable bonds is 6. The fraction of sp³-hybridized carbons (Fsp3) is 0.292. The Balaban J connectivity index is 1.64. The second-order valence-corrected chi connectivity index (χ2v) is 8.59. The summed E-state index contributed by atoms with van der Waals surface area (Å²) in [5, 5.41) is 23.1. The summed E-state index contributed by atoms with van der Waals surface area (Å²) in [4.78, 5) is 12.1. The monoisotopic (exact) mass is 428 g/mol. The van der Waals surface area contributed by atoms with E-state index in [4.69, 9.17) is 4.74 Å². The Morgan fingerprint density at radius 3 is 2.69 bits per heavy atom. The summed E-state index contributed by atoms with van der Waals surface area (Å²) in [6.07, 6.45) is 7.51. The number of benzene rings is 1. The largest absolute Gasteiger partial charge is 0.443 e. The fourth-order valence-electron chi connectivity index (χ4n) is 3.45. The molecule has 0 aliphatic carbocycles. The van der Waals surface area contributed by atoms with E-state index in [1.54, 1.807) is 17.0 Å². The van der Waals surface area contributed by atoms with Crippen molar-refractivity contribution in [2.24, 2.45) is 5.41 Å². The highest BCUT2D eigenvalue weighted by molar-refractivity contribution is 5.92. The first-order chi connectivity index (χ1) is 15.4. The molecule has 4 aromatic rings. The van der Waals surface area contributed by atoms with Gasteiger partial charge in [0.05, 0.1) is 36.3 Å².